The second kappa shape index (κ2) is 5.03. The molecule has 5 nitrogen and oxygen atoms in total. The SMILES string of the molecule is Cc1ccc(S(=O)(=O)N(C)CC(C)O)cc1N. The number of aliphatic hydroxyl groups is 1. The van der Waals surface area contributed by atoms with Crippen LogP contribution in [0.1, 0.15) is 12.5 Å². The van der Waals surface area contributed by atoms with Crippen LogP contribution < -0.4 is 5.73 Å². The average molecular weight is 258 g/mol. The highest BCUT2D eigenvalue weighted by atomic mass is 32.2. The van der Waals surface area contributed by atoms with Crippen LogP contribution in [0, 0.1) is 6.92 Å². The lowest BCUT2D eigenvalue weighted by Crippen LogP contribution is -2.33. The largest absolute Gasteiger partial charge is 0.398 e. The van der Waals surface area contributed by atoms with E-state index in [1.54, 1.807) is 6.07 Å². The zero-order valence-corrected chi connectivity index (χ0v) is 11.0. The van der Waals surface area contributed by atoms with Gasteiger partial charge in [-0.05, 0) is 31.5 Å². The van der Waals surface area contributed by atoms with Crippen molar-refractivity contribution < 1.29 is 13.5 Å². The molecular weight excluding hydrogens is 240 g/mol. The molecule has 0 radical (unpaired) electrons. The first-order valence-corrected chi connectivity index (χ1v) is 6.69. The Bertz CT molecular complexity index is 497. The minimum atomic E-state index is -3.58. The number of aliphatic hydroxyl groups excluding tert-OH is 1. The maximum absolute atomic E-state index is 12.1. The van der Waals surface area contributed by atoms with E-state index in [0.717, 1.165) is 9.87 Å². The van der Waals surface area contributed by atoms with Gasteiger partial charge in [0, 0.05) is 19.3 Å². The Morgan fingerprint density at radius 1 is 1.47 bits per heavy atom. The lowest BCUT2D eigenvalue weighted by Gasteiger charge is -2.19. The van der Waals surface area contributed by atoms with Crippen molar-refractivity contribution in [2.45, 2.75) is 24.8 Å². The van der Waals surface area contributed by atoms with Crippen molar-refractivity contribution >= 4 is 15.7 Å². The zero-order valence-electron chi connectivity index (χ0n) is 10.2. The molecule has 0 aliphatic carbocycles. The fourth-order valence-electron chi connectivity index (χ4n) is 1.43. The van der Waals surface area contributed by atoms with Crippen LogP contribution in [0.4, 0.5) is 5.69 Å². The molecule has 1 aromatic carbocycles. The molecule has 0 amide bonds. The highest BCUT2D eigenvalue weighted by Gasteiger charge is 2.22. The van der Waals surface area contributed by atoms with Crippen LogP contribution in [0.5, 0.6) is 0 Å². The Balaban J connectivity index is 3.09. The molecule has 0 saturated carbocycles. The summed E-state index contributed by atoms with van der Waals surface area (Å²) in [4.78, 5) is 0.142. The molecular formula is C11H18N2O3S. The monoisotopic (exact) mass is 258 g/mol. The van der Waals surface area contributed by atoms with Crippen molar-refractivity contribution in [1.29, 1.82) is 0 Å². The highest BCUT2D eigenvalue weighted by Crippen LogP contribution is 2.20. The first-order valence-electron chi connectivity index (χ1n) is 5.25. The Morgan fingerprint density at radius 3 is 2.53 bits per heavy atom. The lowest BCUT2D eigenvalue weighted by molar-refractivity contribution is 0.171. The van der Waals surface area contributed by atoms with Crippen molar-refractivity contribution in [2.75, 3.05) is 19.3 Å². The van der Waals surface area contributed by atoms with Gasteiger partial charge in [-0.2, -0.15) is 4.31 Å². The maximum atomic E-state index is 12.1. The number of nitrogen functional groups attached to an aromatic ring is 1. The lowest BCUT2D eigenvalue weighted by atomic mass is 10.2. The summed E-state index contributed by atoms with van der Waals surface area (Å²) in [6.45, 7) is 3.40. The van der Waals surface area contributed by atoms with Crippen molar-refractivity contribution in [2.24, 2.45) is 0 Å². The molecule has 0 bridgehead atoms. The van der Waals surface area contributed by atoms with Crippen LogP contribution in [0.3, 0.4) is 0 Å². The third kappa shape index (κ3) is 3.18. The topological polar surface area (TPSA) is 83.6 Å². The summed E-state index contributed by atoms with van der Waals surface area (Å²) in [7, 11) is -2.15. The molecule has 1 aromatic rings. The standard InChI is InChI=1S/C11H18N2O3S/c1-8-4-5-10(6-11(8)12)17(15,16)13(3)7-9(2)14/h4-6,9,14H,7,12H2,1-3H3. The molecule has 0 fully saturated rings. The van der Waals surface area contributed by atoms with Gasteiger partial charge in [0.15, 0.2) is 0 Å². The Labute approximate surface area is 102 Å². The van der Waals surface area contributed by atoms with E-state index in [4.69, 9.17) is 5.73 Å². The molecule has 0 aromatic heterocycles. The van der Waals surface area contributed by atoms with E-state index < -0.39 is 16.1 Å². The second-order valence-electron chi connectivity index (χ2n) is 4.15. The van der Waals surface area contributed by atoms with Crippen LogP contribution in [0.15, 0.2) is 23.1 Å². The van der Waals surface area contributed by atoms with Gasteiger partial charge in [0.1, 0.15) is 0 Å². The van der Waals surface area contributed by atoms with Gasteiger partial charge in [-0.15, -0.1) is 0 Å². The Kier molecular flexibility index (Phi) is 4.13. The van der Waals surface area contributed by atoms with Crippen molar-refractivity contribution in [1.82, 2.24) is 4.31 Å². The predicted octanol–water partition coefficient (Wildman–Crippen LogP) is 0.579. The fraction of sp³-hybridized carbons (Fsp3) is 0.455. The van der Waals surface area contributed by atoms with Gasteiger partial charge in [-0.1, -0.05) is 6.07 Å². The van der Waals surface area contributed by atoms with Gasteiger partial charge in [-0.25, -0.2) is 8.42 Å². The molecule has 6 heteroatoms. The number of hydrogen-bond donors (Lipinski definition) is 2. The van der Waals surface area contributed by atoms with Crippen LogP contribution in [0.2, 0.25) is 0 Å². The average Bonchev–Trinajstić information content (AvgIpc) is 2.20. The number of nitrogens with zero attached hydrogens (tertiary/aromatic N) is 1. The minimum Gasteiger partial charge on any atom is -0.398 e. The van der Waals surface area contributed by atoms with Gasteiger partial charge >= 0.3 is 0 Å². The van der Waals surface area contributed by atoms with Crippen molar-refractivity contribution in [3.05, 3.63) is 23.8 Å². The molecule has 0 spiro atoms. The third-order valence-corrected chi connectivity index (χ3v) is 4.30. The summed E-state index contributed by atoms with van der Waals surface area (Å²) >= 11 is 0. The number of likely N-dealkylation sites (N-methyl/N-ethyl adjacent to an activating group) is 1. The molecule has 96 valence electrons. The summed E-state index contributed by atoms with van der Waals surface area (Å²) < 4.78 is 25.3. The van der Waals surface area contributed by atoms with Crippen LogP contribution in [0.25, 0.3) is 0 Å². The van der Waals surface area contributed by atoms with Crippen LogP contribution in [-0.2, 0) is 10.0 Å². The number of hydrogen-bond acceptors (Lipinski definition) is 4. The van der Waals surface area contributed by atoms with E-state index in [0.29, 0.717) is 5.69 Å². The van der Waals surface area contributed by atoms with E-state index in [9.17, 15) is 13.5 Å². The van der Waals surface area contributed by atoms with Crippen molar-refractivity contribution in [3.8, 4) is 0 Å². The van der Waals surface area contributed by atoms with Gasteiger partial charge in [0.05, 0.1) is 11.0 Å². The first-order chi connectivity index (χ1) is 7.75. The maximum Gasteiger partial charge on any atom is 0.242 e. The van der Waals surface area contributed by atoms with Gasteiger partial charge in [0.25, 0.3) is 0 Å². The summed E-state index contributed by atoms with van der Waals surface area (Å²) in [5.41, 5.74) is 6.96. The summed E-state index contributed by atoms with van der Waals surface area (Å²) in [5.74, 6) is 0. The van der Waals surface area contributed by atoms with E-state index in [1.807, 2.05) is 6.92 Å². The smallest absolute Gasteiger partial charge is 0.242 e. The normalized spacial score (nSPS) is 13.9. The van der Waals surface area contributed by atoms with Crippen LogP contribution in [-0.4, -0.2) is 37.5 Å². The molecule has 1 rings (SSSR count). The molecule has 1 atom stereocenters. The first kappa shape index (κ1) is 14.0. The number of sulfonamides is 1. The Hall–Kier alpha value is -1.11. The van der Waals surface area contributed by atoms with E-state index in [2.05, 4.69) is 0 Å². The fourth-order valence-corrected chi connectivity index (χ4v) is 2.72. The molecule has 0 aliphatic heterocycles. The van der Waals surface area contributed by atoms with Crippen LogP contribution >= 0.6 is 0 Å². The number of benzene rings is 1. The molecule has 17 heavy (non-hydrogen) atoms. The second-order valence-corrected chi connectivity index (χ2v) is 6.20. The molecule has 1 unspecified atom stereocenters. The number of anilines is 1. The Morgan fingerprint density at radius 2 is 2.06 bits per heavy atom. The van der Waals surface area contributed by atoms with E-state index in [-0.39, 0.29) is 11.4 Å². The van der Waals surface area contributed by atoms with Crippen molar-refractivity contribution in [3.63, 3.8) is 0 Å². The quantitative estimate of drug-likeness (QED) is 0.774. The minimum absolute atomic E-state index is 0.0517. The molecule has 0 heterocycles. The highest BCUT2D eigenvalue weighted by molar-refractivity contribution is 7.89. The molecule has 0 aliphatic rings. The summed E-state index contributed by atoms with van der Waals surface area (Å²) in [6, 6.07) is 4.61. The van der Waals surface area contributed by atoms with E-state index in [1.165, 1.54) is 26.1 Å². The molecule has 0 saturated heterocycles. The van der Waals surface area contributed by atoms with Gasteiger partial charge in [-0.3, -0.25) is 0 Å². The summed E-state index contributed by atoms with van der Waals surface area (Å²) in [6.07, 6.45) is -0.711. The number of aryl methyl sites for hydroxylation is 1. The van der Waals surface area contributed by atoms with E-state index >= 15 is 0 Å². The zero-order chi connectivity index (χ0) is 13.2. The molecule has 3 N–H and O–H groups in total. The van der Waals surface area contributed by atoms with Gasteiger partial charge in [0.2, 0.25) is 10.0 Å². The number of rotatable bonds is 4. The third-order valence-electron chi connectivity index (χ3n) is 2.48. The summed E-state index contributed by atoms with van der Waals surface area (Å²) in [5, 5.41) is 9.20. The van der Waals surface area contributed by atoms with Gasteiger partial charge < -0.3 is 10.8 Å². The number of nitrogens with two attached hydrogens (primary N) is 1. The predicted molar refractivity (Wildman–Crippen MR) is 67.1 cm³/mol.